The van der Waals surface area contributed by atoms with Crippen LogP contribution in [0.5, 0.6) is 0 Å². The lowest BCUT2D eigenvalue weighted by Gasteiger charge is -2.24. The van der Waals surface area contributed by atoms with Gasteiger partial charge in [-0.1, -0.05) is 12.8 Å². The van der Waals surface area contributed by atoms with Crippen LogP contribution in [-0.2, 0) is 14.6 Å². The largest absolute Gasteiger partial charge is 0.349 e. The topological polar surface area (TPSA) is 75.3 Å². The molecule has 2 rings (SSSR count). The molecule has 2 N–H and O–H groups in total. The molecule has 0 spiro atoms. The molecule has 0 aromatic rings. The van der Waals surface area contributed by atoms with Crippen molar-refractivity contribution in [2.45, 2.75) is 50.6 Å². The Morgan fingerprint density at radius 3 is 2.56 bits per heavy atom. The van der Waals surface area contributed by atoms with Gasteiger partial charge in [0, 0.05) is 6.04 Å². The van der Waals surface area contributed by atoms with Crippen LogP contribution in [-0.4, -0.2) is 44.0 Å². The molecule has 18 heavy (non-hydrogen) atoms. The molecule has 1 saturated heterocycles. The zero-order valence-corrected chi connectivity index (χ0v) is 11.7. The second kappa shape index (κ2) is 5.17. The predicted molar refractivity (Wildman–Crippen MR) is 70.1 cm³/mol. The van der Waals surface area contributed by atoms with Gasteiger partial charge >= 0.3 is 0 Å². The van der Waals surface area contributed by atoms with E-state index in [-0.39, 0.29) is 17.4 Å². The van der Waals surface area contributed by atoms with Crippen molar-refractivity contribution < 1.29 is 13.2 Å². The molecule has 1 aliphatic carbocycles. The van der Waals surface area contributed by atoms with E-state index in [0.29, 0.717) is 19.0 Å². The average Bonchev–Trinajstić information content (AvgIpc) is 2.84. The Kier molecular flexibility index (Phi) is 3.96. The van der Waals surface area contributed by atoms with Crippen LogP contribution in [0.25, 0.3) is 0 Å². The molecule has 1 aliphatic heterocycles. The molecule has 104 valence electrons. The van der Waals surface area contributed by atoms with Gasteiger partial charge in [0.1, 0.15) is 0 Å². The van der Waals surface area contributed by atoms with Gasteiger partial charge in [-0.05, 0) is 26.2 Å². The Morgan fingerprint density at radius 2 is 2.00 bits per heavy atom. The second-order valence-corrected chi connectivity index (χ2v) is 8.00. The van der Waals surface area contributed by atoms with Crippen molar-refractivity contribution in [2.24, 2.45) is 0 Å². The van der Waals surface area contributed by atoms with Crippen LogP contribution in [0.1, 0.15) is 39.0 Å². The maximum Gasteiger partial charge on any atom is 0.234 e. The van der Waals surface area contributed by atoms with E-state index in [4.69, 9.17) is 0 Å². The summed E-state index contributed by atoms with van der Waals surface area (Å²) in [6.07, 6.45) is 5.26. The SMILES string of the molecule is CC1(NC(=O)CNC2CCCC2)CCS(=O)(=O)C1. The first-order valence-corrected chi connectivity index (χ1v) is 8.46. The normalized spacial score (nSPS) is 31.6. The number of carbonyl (C=O) groups is 1. The molecule has 1 atom stereocenters. The third-order valence-electron chi connectivity index (χ3n) is 3.85. The molecule has 2 fully saturated rings. The van der Waals surface area contributed by atoms with Crippen LogP contribution in [0.15, 0.2) is 0 Å². The Bertz CT molecular complexity index is 415. The quantitative estimate of drug-likeness (QED) is 0.768. The van der Waals surface area contributed by atoms with E-state index in [0.717, 1.165) is 12.8 Å². The Labute approximate surface area is 109 Å². The highest BCUT2D eigenvalue weighted by Gasteiger charge is 2.39. The number of rotatable bonds is 4. The van der Waals surface area contributed by atoms with Crippen LogP contribution >= 0.6 is 0 Å². The van der Waals surface area contributed by atoms with Gasteiger partial charge in [-0.2, -0.15) is 0 Å². The molecule has 1 unspecified atom stereocenters. The third-order valence-corrected chi connectivity index (χ3v) is 5.75. The fourth-order valence-corrected chi connectivity index (χ4v) is 4.95. The molecule has 6 heteroatoms. The fraction of sp³-hybridized carbons (Fsp3) is 0.917. The molecule has 0 aromatic heterocycles. The summed E-state index contributed by atoms with van der Waals surface area (Å²) in [5.74, 6) is 0.149. The second-order valence-electron chi connectivity index (χ2n) is 5.81. The van der Waals surface area contributed by atoms with Gasteiger partial charge in [0.2, 0.25) is 5.91 Å². The van der Waals surface area contributed by atoms with E-state index in [1.165, 1.54) is 12.8 Å². The molecule has 5 nitrogen and oxygen atoms in total. The van der Waals surface area contributed by atoms with Crippen molar-refractivity contribution in [1.29, 1.82) is 0 Å². The fourth-order valence-electron chi connectivity index (χ4n) is 2.86. The Hall–Kier alpha value is -0.620. The first-order chi connectivity index (χ1) is 8.39. The zero-order valence-electron chi connectivity index (χ0n) is 10.9. The molecule has 0 aromatic carbocycles. The lowest BCUT2D eigenvalue weighted by Crippen LogP contribution is -2.50. The highest BCUT2D eigenvalue weighted by atomic mass is 32.2. The van der Waals surface area contributed by atoms with Gasteiger partial charge in [-0.25, -0.2) is 8.42 Å². The molecular formula is C12H22N2O3S. The highest BCUT2D eigenvalue weighted by Crippen LogP contribution is 2.22. The minimum atomic E-state index is -2.97. The minimum absolute atomic E-state index is 0.0647. The Balaban J connectivity index is 1.77. The van der Waals surface area contributed by atoms with E-state index >= 15 is 0 Å². The number of carbonyl (C=O) groups excluding carboxylic acids is 1. The smallest absolute Gasteiger partial charge is 0.234 e. The highest BCUT2D eigenvalue weighted by molar-refractivity contribution is 7.91. The van der Waals surface area contributed by atoms with Gasteiger partial charge in [-0.3, -0.25) is 4.79 Å². The molecule has 1 heterocycles. The van der Waals surface area contributed by atoms with Crippen molar-refractivity contribution in [3.8, 4) is 0 Å². The molecule has 1 amide bonds. The van der Waals surface area contributed by atoms with Gasteiger partial charge in [-0.15, -0.1) is 0 Å². The van der Waals surface area contributed by atoms with E-state index in [1.54, 1.807) is 0 Å². The minimum Gasteiger partial charge on any atom is -0.349 e. The summed E-state index contributed by atoms with van der Waals surface area (Å²) in [5.41, 5.74) is -0.576. The number of sulfone groups is 1. The van der Waals surface area contributed by atoms with Crippen molar-refractivity contribution in [3.05, 3.63) is 0 Å². The van der Waals surface area contributed by atoms with Crippen LogP contribution in [0.2, 0.25) is 0 Å². The lowest BCUT2D eigenvalue weighted by molar-refractivity contribution is -0.121. The van der Waals surface area contributed by atoms with Crippen molar-refractivity contribution >= 4 is 15.7 Å². The van der Waals surface area contributed by atoms with E-state index in [2.05, 4.69) is 10.6 Å². The summed E-state index contributed by atoms with van der Waals surface area (Å²) in [5, 5.41) is 6.09. The van der Waals surface area contributed by atoms with Gasteiger partial charge in [0.05, 0.1) is 23.6 Å². The van der Waals surface area contributed by atoms with Crippen LogP contribution < -0.4 is 10.6 Å². The summed E-state index contributed by atoms with van der Waals surface area (Å²) < 4.78 is 22.9. The van der Waals surface area contributed by atoms with E-state index < -0.39 is 15.4 Å². The van der Waals surface area contributed by atoms with Crippen molar-refractivity contribution in [2.75, 3.05) is 18.1 Å². The van der Waals surface area contributed by atoms with E-state index in [1.807, 2.05) is 6.92 Å². The van der Waals surface area contributed by atoms with Crippen LogP contribution in [0.3, 0.4) is 0 Å². The number of hydrogen-bond acceptors (Lipinski definition) is 4. The number of hydrogen-bond donors (Lipinski definition) is 2. The van der Waals surface area contributed by atoms with Crippen LogP contribution in [0, 0.1) is 0 Å². The summed E-state index contributed by atoms with van der Waals surface area (Å²) in [4.78, 5) is 11.8. The monoisotopic (exact) mass is 274 g/mol. The first-order valence-electron chi connectivity index (χ1n) is 6.63. The molecule has 2 aliphatic rings. The lowest BCUT2D eigenvalue weighted by atomic mass is 10.0. The molecule has 0 radical (unpaired) electrons. The van der Waals surface area contributed by atoms with Crippen molar-refractivity contribution in [3.63, 3.8) is 0 Å². The average molecular weight is 274 g/mol. The molecule has 0 bridgehead atoms. The van der Waals surface area contributed by atoms with Crippen LogP contribution in [0.4, 0.5) is 0 Å². The predicted octanol–water partition coefficient (Wildman–Crippen LogP) is 0.212. The number of nitrogens with one attached hydrogen (secondary N) is 2. The summed E-state index contributed by atoms with van der Waals surface area (Å²) in [6, 6.07) is 0.455. The Morgan fingerprint density at radius 1 is 1.33 bits per heavy atom. The maximum atomic E-state index is 11.8. The molecular weight excluding hydrogens is 252 g/mol. The number of amides is 1. The van der Waals surface area contributed by atoms with Gasteiger partial charge < -0.3 is 10.6 Å². The molecule has 1 saturated carbocycles. The zero-order chi connectivity index (χ0) is 13.2. The summed E-state index contributed by atoms with van der Waals surface area (Å²) in [6.45, 7) is 2.10. The summed E-state index contributed by atoms with van der Waals surface area (Å²) >= 11 is 0. The van der Waals surface area contributed by atoms with Gasteiger partial charge in [0.25, 0.3) is 0 Å². The maximum absolute atomic E-state index is 11.8. The summed E-state index contributed by atoms with van der Waals surface area (Å²) in [7, 11) is -2.97. The van der Waals surface area contributed by atoms with Gasteiger partial charge in [0.15, 0.2) is 9.84 Å². The first kappa shape index (κ1) is 13.8. The van der Waals surface area contributed by atoms with Crippen molar-refractivity contribution in [1.82, 2.24) is 10.6 Å². The standard InChI is InChI=1S/C12H22N2O3S/c1-12(6-7-18(16,17)9-12)14-11(15)8-13-10-4-2-3-5-10/h10,13H,2-9H2,1H3,(H,14,15). The third kappa shape index (κ3) is 3.68. The van der Waals surface area contributed by atoms with E-state index in [9.17, 15) is 13.2 Å².